The summed E-state index contributed by atoms with van der Waals surface area (Å²) in [6.45, 7) is 1.81. The summed E-state index contributed by atoms with van der Waals surface area (Å²) in [5.74, 6) is -0.603. The Bertz CT molecular complexity index is 1010. The molecular formula is C23H23FN2O4S. The van der Waals surface area contributed by atoms with Crippen LogP contribution in [0, 0.1) is 5.82 Å². The number of carbonyl (C=O) groups is 2. The van der Waals surface area contributed by atoms with Crippen LogP contribution in [0.2, 0.25) is 0 Å². The molecule has 0 saturated carbocycles. The van der Waals surface area contributed by atoms with E-state index in [2.05, 4.69) is 4.98 Å². The molecule has 0 spiro atoms. The third-order valence-electron chi connectivity index (χ3n) is 4.71. The van der Waals surface area contributed by atoms with Crippen molar-refractivity contribution in [1.82, 2.24) is 9.88 Å². The van der Waals surface area contributed by atoms with Crippen LogP contribution in [0.3, 0.4) is 0 Å². The summed E-state index contributed by atoms with van der Waals surface area (Å²) in [5.41, 5.74) is 1.55. The predicted octanol–water partition coefficient (Wildman–Crippen LogP) is 4.17. The smallest absolute Gasteiger partial charge is 0.312 e. The van der Waals surface area contributed by atoms with Gasteiger partial charge in [0.2, 0.25) is 0 Å². The average molecular weight is 443 g/mol. The monoisotopic (exact) mass is 442 g/mol. The van der Waals surface area contributed by atoms with Gasteiger partial charge in [0.1, 0.15) is 23.2 Å². The van der Waals surface area contributed by atoms with Gasteiger partial charge < -0.3 is 14.4 Å². The molecule has 3 rings (SSSR count). The lowest BCUT2D eigenvalue weighted by Gasteiger charge is -2.25. The molecule has 6 nitrogen and oxygen atoms in total. The summed E-state index contributed by atoms with van der Waals surface area (Å²) >= 11 is 1.35. The van der Waals surface area contributed by atoms with E-state index < -0.39 is 5.97 Å². The lowest BCUT2D eigenvalue weighted by atomic mass is 10.1. The molecule has 0 aliphatic heterocycles. The first-order valence-corrected chi connectivity index (χ1v) is 10.6. The Labute approximate surface area is 184 Å². The maximum Gasteiger partial charge on any atom is 0.312 e. The molecule has 1 heterocycles. The summed E-state index contributed by atoms with van der Waals surface area (Å²) in [6.07, 6.45) is -0.0295. The van der Waals surface area contributed by atoms with E-state index in [-0.39, 0.29) is 37.4 Å². The van der Waals surface area contributed by atoms with Gasteiger partial charge in [-0.2, -0.15) is 0 Å². The van der Waals surface area contributed by atoms with Crippen molar-refractivity contribution in [3.05, 3.63) is 82.1 Å². The molecule has 0 aliphatic carbocycles. The highest BCUT2D eigenvalue weighted by Gasteiger charge is 2.19. The van der Waals surface area contributed by atoms with Crippen molar-refractivity contribution >= 4 is 23.2 Å². The number of halogens is 1. The highest BCUT2D eigenvalue weighted by atomic mass is 32.1. The van der Waals surface area contributed by atoms with Crippen molar-refractivity contribution < 1.29 is 23.5 Å². The fourth-order valence-electron chi connectivity index (χ4n) is 2.79. The number of amides is 1. The van der Waals surface area contributed by atoms with E-state index in [0.717, 1.165) is 5.56 Å². The van der Waals surface area contributed by atoms with Crippen molar-refractivity contribution in [2.75, 3.05) is 13.7 Å². The molecule has 2 aromatic carbocycles. The quantitative estimate of drug-likeness (QED) is 0.466. The highest BCUT2D eigenvalue weighted by Crippen LogP contribution is 2.19. The van der Waals surface area contributed by atoms with Crippen molar-refractivity contribution in [3.63, 3.8) is 0 Å². The van der Waals surface area contributed by atoms with Gasteiger partial charge in [0, 0.05) is 12.4 Å². The molecule has 31 heavy (non-hydrogen) atoms. The zero-order valence-corrected chi connectivity index (χ0v) is 18.1. The molecule has 0 saturated heterocycles. The van der Waals surface area contributed by atoms with Crippen LogP contribution in [0.1, 0.15) is 29.2 Å². The number of ether oxygens (including phenoxy) is 2. The van der Waals surface area contributed by atoms with Gasteiger partial charge in [0.05, 0.1) is 18.2 Å². The first-order valence-electron chi connectivity index (χ1n) is 9.70. The summed E-state index contributed by atoms with van der Waals surface area (Å²) in [7, 11) is 1.68. The van der Waals surface area contributed by atoms with E-state index in [0.29, 0.717) is 16.5 Å². The van der Waals surface area contributed by atoms with Gasteiger partial charge in [0.25, 0.3) is 5.91 Å². The molecule has 0 bridgehead atoms. The Morgan fingerprint density at radius 1 is 1.13 bits per heavy atom. The number of carbonyl (C=O) groups excluding carboxylic acids is 2. The molecule has 8 heteroatoms. The van der Waals surface area contributed by atoms with Crippen LogP contribution < -0.4 is 4.74 Å². The van der Waals surface area contributed by atoms with Gasteiger partial charge in [-0.3, -0.25) is 9.59 Å². The topological polar surface area (TPSA) is 68.7 Å². The molecule has 1 atom stereocenters. The Morgan fingerprint density at radius 3 is 2.55 bits per heavy atom. The third kappa shape index (κ3) is 6.62. The van der Waals surface area contributed by atoms with Crippen LogP contribution in [0.4, 0.5) is 4.39 Å². The predicted molar refractivity (Wildman–Crippen MR) is 115 cm³/mol. The van der Waals surface area contributed by atoms with Gasteiger partial charge in [0.15, 0.2) is 6.61 Å². The van der Waals surface area contributed by atoms with E-state index in [1.54, 1.807) is 17.3 Å². The van der Waals surface area contributed by atoms with Crippen molar-refractivity contribution in [1.29, 1.82) is 0 Å². The van der Waals surface area contributed by atoms with Gasteiger partial charge in [-0.1, -0.05) is 30.3 Å². The third-order valence-corrected chi connectivity index (χ3v) is 5.58. The molecule has 3 aromatic rings. The first-order chi connectivity index (χ1) is 14.9. The summed E-state index contributed by atoms with van der Waals surface area (Å²) in [6, 6.07) is 15.2. The Hall–Kier alpha value is -3.26. The lowest BCUT2D eigenvalue weighted by Crippen LogP contribution is -2.33. The lowest BCUT2D eigenvalue weighted by molar-refractivity contribution is -0.151. The van der Waals surface area contributed by atoms with E-state index in [1.807, 2.05) is 37.3 Å². The Kier molecular flexibility index (Phi) is 7.72. The Morgan fingerprint density at radius 2 is 1.84 bits per heavy atom. The Balaban J connectivity index is 1.43. The average Bonchev–Trinajstić information content (AvgIpc) is 3.23. The standard InChI is InChI=1S/C23H23FN2O4S/c1-16(17-6-4-3-5-7-17)26(2)22(27)14-30-23(28)12-19-15-31-21(25-19)13-29-20-10-8-18(24)9-11-20/h3-11,15-16H,12-14H2,1-2H3. The maximum atomic E-state index is 12.9. The first kappa shape index (κ1) is 22.4. The number of rotatable bonds is 9. The minimum atomic E-state index is -0.523. The second-order valence-electron chi connectivity index (χ2n) is 6.90. The number of benzene rings is 2. The van der Waals surface area contributed by atoms with Crippen LogP contribution in [0.15, 0.2) is 60.0 Å². The maximum absolute atomic E-state index is 12.9. The number of hydrogen-bond acceptors (Lipinski definition) is 6. The van der Waals surface area contributed by atoms with Gasteiger partial charge in [-0.25, -0.2) is 9.37 Å². The van der Waals surface area contributed by atoms with Crippen molar-refractivity contribution in [2.45, 2.75) is 26.0 Å². The van der Waals surface area contributed by atoms with E-state index in [1.165, 1.54) is 35.6 Å². The number of likely N-dealkylation sites (N-methyl/N-ethyl adjacent to an activating group) is 1. The number of hydrogen-bond donors (Lipinski definition) is 0. The summed E-state index contributed by atoms with van der Waals surface area (Å²) in [4.78, 5) is 30.3. The highest BCUT2D eigenvalue weighted by molar-refractivity contribution is 7.09. The fraction of sp³-hybridized carbons (Fsp3) is 0.261. The minimum absolute atomic E-state index is 0.0295. The van der Waals surface area contributed by atoms with Gasteiger partial charge in [-0.05, 0) is 36.8 Å². The molecular weight excluding hydrogens is 419 g/mol. The zero-order valence-electron chi connectivity index (χ0n) is 17.3. The van der Waals surface area contributed by atoms with E-state index in [9.17, 15) is 14.0 Å². The molecule has 0 N–H and O–H groups in total. The van der Waals surface area contributed by atoms with Crippen LogP contribution in [0.25, 0.3) is 0 Å². The largest absolute Gasteiger partial charge is 0.486 e. The van der Waals surface area contributed by atoms with Gasteiger partial charge >= 0.3 is 5.97 Å². The zero-order chi connectivity index (χ0) is 22.2. The van der Waals surface area contributed by atoms with Crippen LogP contribution >= 0.6 is 11.3 Å². The number of thiazole rings is 1. The second kappa shape index (κ2) is 10.7. The van der Waals surface area contributed by atoms with Crippen molar-refractivity contribution in [3.8, 4) is 5.75 Å². The summed E-state index contributed by atoms with van der Waals surface area (Å²) < 4.78 is 23.6. The molecule has 0 aliphatic rings. The number of esters is 1. The molecule has 0 fully saturated rings. The molecule has 0 radical (unpaired) electrons. The fourth-order valence-corrected chi connectivity index (χ4v) is 3.49. The molecule has 1 unspecified atom stereocenters. The summed E-state index contributed by atoms with van der Waals surface area (Å²) in [5, 5.41) is 2.43. The van der Waals surface area contributed by atoms with Crippen LogP contribution in [0.5, 0.6) is 5.75 Å². The minimum Gasteiger partial charge on any atom is -0.486 e. The number of nitrogens with zero attached hydrogens (tertiary/aromatic N) is 2. The molecule has 162 valence electrons. The van der Waals surface area contributed by atoms with E-state index >= 15 is 0 Å². The van der Waals surface area contributed by atoms with Crippen LogP contribution in [-0.2, 0) is 27.4 Å². The SMILES string of the molecule is CC(c1ccccc1)N(C)C(=O)COC(=O)Cc1csc(COc2ccc(F)cc2)n1. The van der Waals surface area contributed by atoms with Crippen molar-refractivity contribution in [2.24, 2.45) is 0 Å². The molecule has 1 amide bonds. The molecule has 1 aromatic heterocycles. The van der Waals surface area contributed by atoms with E-state index in [4.69, 9.17) is 9.47 Å². The second-order valence-corrected chi connectivity index (χ2v) is 7.85. The van der Waals surface area contributed by atoms with Gasteiger partial charge in [-0.15, -0.1) is 11.3 Å². The normalized spacial score (nSPS) is 11.6. The number of aromatic nitrogens is 1. The van der Waals surface area contributed by atoms with Crippen LogP contribution in [-0.4, -0.2) is 35.4 Å².